The molecule has 2 aliphatic rings. The second-order valence-corrected chi connectivity index (χ2v) is 5.78. The van der Waals surface area contributed by atoms with Crippen LogP contribution in [0.25, 0.3) is 0 Å². The first kappa shape index (κ1) is 14.4. The molecule has 0 aromatic heterocycles. The third-order valence-corrected chi connectivity index (χ3v) is 3.97. The number of aliphatic imine (C=N–C) groups is 1. The summed E-state index contributed by atoms with van der Waals surface area (Å²) in [7, 11) is 0. The lowest BCUT2D eigenvalue weighted by Crippen LogP contribution is -2.36. The average molecular weight is 288 g/mol. The first-order valence-electron chi connectivity index (χ1n) is 7.74. The maximum Gasteiger partial charge on any atom is 0.189 e. The number of nitrogens with two attached hydrogens (primary N) is 1. The lowest BCUT2D eigenvalue weighted by Gasteiger charge is -2.27. The van der Waals surface area contributed by atoms with Gasteiger partial charge in [-0.3, -0.25) is 4.90 Å². The minimum absolute atomic E-state index is 0.553. The van der Waals surface area contributed by atoms with Crippen molar-refractivity contribution < 1.29 is 4.74 Å². The van der Waals surface area contributed by atoms with Crippen molar-refractivity contribution in [3.05, 3.63) is 35.4 Å². The maximum absolute atomic E-state index is 5.91. The molecule has 0 spiro atoms. The van der Waals surface area contributed by atoms with E-state index in [1.165, 1.54) is 24.0 Å². The van der Waals surface area contributed by atoms with Gasteiger partial charge in [0.05, 0.1) is 19.8 Å². The lowest BCUT2D eigenvalue weighted by molar-refractivity contribution is 0.0341. The van der Waals surface area contributed by atoms with E-state index < -0.39 is 0 Å². The van der Waals surface area contributed by atoms with E-state index in [0.29, 0.717) is 18.5 Å². The quantitative estimate of drug-likeness (QED) is 0.629. The summed E-state index contributed by atoms with van der Waals surface area (Å²) in [5, 5.41) is 3.23. The zero-order valence-electron chi connectivity index (χ0n) is 12.4. The fourth-order valence-electron chi connectivity index (χ4n) is 2.52. The van der Waals surface area contributed by atoms with Crippen LogP contribution in [0.15, 0.2) is 29.3 Å². The molecule has 1 aromatic carbocycles. The molecule has 1 aromatic rings. The van der Waals surface area contributed by atoms with Crippen molar-refractivity contribution in [2.45, 2.75) is 32.0 Å². The fourth-order valence-corrected chi connectivity index (χ4v) is 2.52. The average Bonchev–Trinajstić information content (AvgIpc) is 3.31. The summed E-state index contributed by atoms with van der Waals surface area (Å²) in [4.78, 5) is 6.90. The molecule has 0 unspecified atom stereocenters. The standard InChI is InChI=1S/C16H24N4O/c17-16(19-15-5-6-15)18-11-13-3-1-2-4-14(13)12-20-7-9-21-10-8-20/h1-4,15H,5-12H2,(H3,17,18,19). The molecule has 1 aliphatic carbocycles. The first-order valence-corrected chi connectivity index (χ1v) is 7.74. The minimum atomic E-state index is 0.553. The van der Waals surface area contributed by atoms with Gasteiger partial charge in [0.25, 0.3) is 0 Å². The van der Waals surface area contributed by atoms with E-state index in [9.17, 15) is 0 Å². The molecule has 1 aliphatic heterocycles. The predicted molar refractivity (Wildman–Crippen MR) is 84.0 cm³/mol. The topological polar surface area (TPSA) is 62.9 Å². The van der Waals surface area contributed by atoms with Gasteiger partial charge in [0.15, 0.2) is 5.96 Å². The van der Waals surface area contributed by atoms with E-state index in [2.05, 4.69) is 39.5 Å². The van der Waals surface area contributed by atoms with Crippen molar-refractivity contribution in [3.8, 4) is 0 Å². The van der Waals surface area contributed by atoms with Crippen LogP contribution in [0.2, 0.25) is 0 Å². The predicted octanol–water partition coefficient (Wildman–Crippen LogP) is 1.09. The molecule has 0 amide bonds. The molecule has 114 valence electrons. The van der Waals surface area contributed by atoms with Crippen LogP contribution in [-0.4, -0.2) is 43.2 Å². The highest BCUT2D eigenvalue weighted by Crippen LogP contribution is 2.18. The Balaban J connectivity index is 1.61. The number of hydrogen-bond acceptors (Lipinski definition) is 3. The molecule has 0 atom stereocenters. The Hall–Kier alpha value is -1.59. The van der Waals surface area contributed by atoms with Crippen molar-refractivity contribution >= 4 is 5.96 Å². The Labute approximate surface area is 126 Å². The normalized spacial score (nSPS) is 20.5. The molecule has 1 heterocycles. The third kappa shape index (κ3) is 4.44. The summed E-state index contributed by atoms with van der Waals surface area (Å²) in [5.74, 6) is 0.568. The molecule has 1 saturated carbocycles. The van der Waals surface area contributed by atoms with Crippen LogP contribution in [0.3, 0.4) is 0 Å². The summed E-state index contributed by atoms with van der Waals surface area (Å²) >= 11 is 0. The van der Waals surface area contributed by atoms with Crippen LogP contribution in [-0.2, 0) is 17.8 Å². The van der Waals surface area contributed by atoms with Gasteiger partial charge in [-0.05, 0) is 24.0 Å². The van der Waals surface area contributed by atoms with Crippen molar-refractivity contribution in [3.63, 3.8) is 0 Å². The largest absolute Gasteiger partial charge is 0.379 e. The zero-order valence-corrected chi connectivity index (χ0v) is 12.4. The molecule has 0 bridgehead atoms. The smallest absolute Gasteiger partial charge is 0.189 e. The second kappa shape index (κ2) is 6.91. The van der Waals surface area contributed by atoms with Crippen LogP contribution in [0.4, 0.5) is 0 Å². The molecule has 0 radical (unpaired) electrons. The van der Waals surface area contributed by atoms with Gasteiger partial charge in [0, 0.05) is 25.7 Å². The Morgan fingerprint density at radius 3 is 2.67 bits per heavy atom. The van der Waals surface area contributed by atoms with Crippen LogP contribution in [0.1, 0.15) is 24.0 Å². The number of rotatable bonds is 5. The number of guanidine groups is 1. The Kier molecular flexibility index (Phi) is 4.72. The van der Waals surface area contributed by atoms with Gasteiger partial charge in [0.2, 0.25) is 0 Å². The maximum atomic E-state index is 5.91. The van der Waals surface area contributed by atoms with Gasteiger partial charge in [-0.2, -0.15) is 0 Å². The van der Waals surface area contributed by atoms with Crippen LogP contribution < -0.4 is 11.1 Å². The van der Waals surface area contributed by atoms with E-state index in [4.69, 9.17) is 10.5 Å². The van der Waals surface area contributed by atoms with E-state index in [0.717, 1.165) is 32.8 Å². The van der Waals surface area contributed by atoms with E-state index >= 15 is 0 Å². The molecular formula is C16H24N4O. The monoisotopic (exact) mass is 288 g/mol. The summed E-state index contributed by atoms with van der Waals surface area (Å²) in [6, 6.07) is 9.04. The molecule has 1 saturated heterocycles. The van der Waals surface area contributed by atoms with Crippen molar-refractivity contribution in [2.75, 3.05) is 26.3 Å². The summed E-state index contributed by atoms with van der Waals surface area (Å²) < 4.78 is 5.40. The van der Waals surface area contributed by atoms with Gasteiger partial charge in [0.1, 0.15) is 0 Å². The lowest BCUT2D eigenvalue weighted by atomic mass is 10.1. The highest BCUT2D eigenvalue weighted by molar-refractivity contribution is 5.78. The fraction of sp³-hybridized carbons (Fsp3) is 0.562. The van der Waals surface area contributed by atoms with Crippen molar-refractivity contribution in [1.29, 1.82) is 0 Å². The molecule has 2 fully saturated rings. The van der Waals surface area contributed by atoms with Gasteiger partial charge in [-0.25, -0.2) is 4.99 Å². The number of ether oxygens (including phenoxy) is 1. The molecule has 3 N–H and O–H groups in total. The van der Waals surface area contributed by atoms with Gasteiger partial charge >= 0.3 is 0 Å². The number of nitrogens with zero attached hydrogens (tertiary/aromatic N) is 2. The summed E-state index contributed by atoms with van der Waals surface area (Å²) in [6.07, 6.45) is 2.42. The number of hydrogen-bond donors (Lipinski definition) is 2. The van der Waals surface area contributed by atoms with Crippen molar-refractivity contribution in [1.82, 2.24) is 10.2 Å². The number of morpholine rings is 1. The molecule has 5 heteroatoms. The molecule has 3 rings (SSSR count). The van der Waals surface area contributed by atoms with Crippen LogP contribution >= 0.6 is 0 Å². The van der Waals surface area contributed by atoms with Crippen molar-refractivity contribution in [2.24, 2.45) is 10.7 Å². The minimum Gasteiger partial charge on any atom is -0.379 e. The number of benzene rings is 1. The van der Waals surface area contributed by atoms with Crippen LogP contribution in [0.5, 0.6) is 0 Å². The Morgan fingerprint density at radius 2 is 1.95 bits per heavy atom. The van der Waals surface area contributed by atoms with E-state index in [-0.39, 0.29) is 0 Å². The van der Waals surface area contributed by atoms with Gasteiger partial charge in [-0.1, -0.05) is 24.3 Å². The highest BCUT2D eigenvalue weighted by atomic mass is 16.5. The van der Waals surface area contributed by atoms with Gasteiger partial charge < -0.3 is 15.8 Å². The Bertz CT molecular complexity index is 493. The van der Waals surface area contributed by atoms with Crippen LogP contribution in [0, 0.1) is 0 Å². The summed E-state index contributed by atoms with van der Waals surface area (Å²) in [5.41, 5.74) is 8.50. The third-order valence-electron chi connectivity index (χ3n) is 3.97. The second-order valence-electron chi connectivity index (χ2n) is 5.78. The Morgan fingerprint density at radius 1 is 1.24 bits per heavy atom. The highest BCUT2D eigenvalue weighted by Gasteiger charge is 2.21. The molecular weight excluding hydrogens is 264 g/mol. The first-order chi connectivity index (χ1) is 10.3. The number of nitrogens with one attached hydrogen (secondary N) is 1. The van der Waals surface area contributed by atoms with E-state index in [1.807, 2.05) is 0 Å². The summed E-state index contributed by atoms with van der Waals surface area (Å²) in [6.45, 7) is 5.28. The van der Waals surface area contributed by atoms with E-state index in [1.54, 1.807) is 0 Å². The molecule has 5 nitrogen and oxygen atoms in total. The zero-order chi connectivity index (χ0) is 14.5. The van der Waals surface area contributed by atoms with Gasteiger partial charge in [-0.15, -0.1) is 0 Å². The SMILES string of the molecule is NC(=NCc1ccccc1CN1CCOCC1)NC1CC1. The molecule has 21 heavy (non-hydrogen) atoms.